The number of carbonyl (C=O) groups is 1. The van der Waals surface area contributed by atoms with Gasteiger partial charge in [0.05, 0.1) is 11.5 Å². The third kappa shape index (κ3) is 3.40. The summed E-state index contributed by atoms with van der Waals surface area (Å²) in [4.78, 5) is 12.5. The molecular formula is C17H25NO2. The van der Waals surface area contributed by atoms with E-state index in [1.807, 2.05) is 44.2 Å². The molecule has 1 fully saturated rings. The van der Waals surface area contributed by atoms with Crippen LogP contribution < -0.4 is 5.32 Å². The maximum atomic E-state index is 12.5. The smallest absolute Gasteiger partial charge is 0.228 e. The summed E-state index contributed by atoms with van der Waals surface area (Å²) in [5, 5.41) is 13.6. The van der Waals surface area contributed by atoms with Crippen LogP contribution in [0.4, 0.5) is 0 Å². The van der Waals surface area contributed by atoms with Crippen molar-refractivity contribution in [1.82, 2.24) is 5.32 Å². The fourth-order valence-corrected chi connectivity index (χ4v) is 2.79. The van der Waals surface area contributed by atoms with Crippen LogP contribution in [0, 0.1) is 5.41 Å². The Kier molecular flexibility index (Phi) is 4.81. The highest BCUT2D eigenvalue weighted by Gasteiger charge is 2.37. The molecule has 1 aromatic rings. The van der Waals surface area contributed by atoms with E-state index in [-0.39, 0.29) is 11.9 Å². The molecule has 20 heavy (non-hydrogen) atoms. The number of rotatable bonds is 4. The summed E-state index contributed by atoms with van der Waals surface area (Å²) in [7, 11) is 0. The third-order valence-corrected chi connectivity index (χ3v) is 4.32. The fourth-order valence-electron chi connectivity index (χ4n) is 2.79. The van der Waals surface area contributed by atoms with Crippen LogP contribution in [-0.4, -0.2) is 17.1 Å². The van der Waals surface area contributed by atoms with Crippen molar-refractivity contribution in [1.29, 1.82) is 0 Å². The number of hydrogen-bond acceptors (Lipinski definition) is 2. The van der Waals surface area contributed by atoms with Crippen LogP contribution in [0.2, 0.25) is 0 Å². The van der Waals surface area contributed by atoms with Crippen molar-refractivity contribution in [3.05, 3.63) is 35.9 Å². The lowest BCUT2D eigenvalue weighted by Gasteiger charge is -2.32. The molecule has 1 atom stereocenters. The summed E-state index contributed by atoms with van der Waals surface area (Å²) >= 11 is 0. The first-order chi connectivity index (χ1) is 9.51. The first-order valence-electron chi connectivity index (χ1n) is 7.56. The second kappa shape index (κ2) is 6.40. The van der Waals surface area contributed by atoms with Crippen LogP contribution in [0.5, 0.6) is 0 Å². The van der Waals surface area contributed by atoms with Gasteiger partial charge in [0, 0.05) is 6.04 Å². The summed E-state index contributed by atoms with van der Waals surface area (Å²) in [6.45, 7) is 3.62. The lowest BCUT2D eigenvalue weighted by Crippen LogP contribution is -2.46. The number of amides is 1. The molecule has 110 valence electrons. The molecule has 0 radical (unpaired) electrons. The van der Waals surface area contributed by atoms with Gasteiger partial charge in [0.2, 0.25) is 5.91 Å². The molecule has 3 nitrogen and oxygen atoms in total. The average Bonchev–Trinajstić information content (AvgIpc) is 2.48. The molecule has 1 amide bonds. The van der Waals surface area contributed by atoms with E-state index in [1.165, 1.54) is 19.3 Å². The molecule has 0 heterocycles. The fraction of sp³-hybridized carbons (Fsp3) is 0.588. The monoisotopic (exact) mass is 275 g/mol. The summed E-state index contributed by atoms with van der Waals surface area (Å²) in [5.41, 5.74) is -0.0324. The van der Waals surface area contributed by atoms with E-state index in [0.717, 1.165) is 18.4 Å². The van der Waals surface area contributed by atoms with Crippen molar-refractivity contribution in [2.75, 3.05) is 0 Å². The highest BCUT2D eigenvalue weighted by Crippen LogP contribution is 2.34. The first kappa shape index (κ1) is 15.0. The summed E-state index contributed by atoms with van der Waals surface area (Å²) in [5.74, 6) is -0.0549. The van der Waals surface area contributed by atoms with Gasteiger partial charge in [-0.05, 0) is 32.3 Å². The first-order valence-corrected chi connectivity index (χ1v) is 7.56. The Bertz CT molecular complexity index is 436. The zero-order valence-corrected chi connectivity index (χ0v) is 12.4. The highest BCUT2D eigenvalue weighted by atomic mass is 16.3. The quantitative estimate of drug-likeness (QED) is 0.886. The maximum absolute atomic E-state index is 12.5. The van der Waals surface area contributed by atoms with Crippen LogP contribution in [0.25, 0.3) is 0 Å². The summed E-state index contributed by atoms with van der Waals surface area (Å²) in [6.07, 6.45) is 4.97. The average molecular weight is 275 g/mol. The van der Waals surface area contributed by atoms with E-state index in [2.05, 4.69) is 5.32 Å². The highest BCUT2D eigenvalue weighted by molar-refractivity contribution is 5.83. The molecule has 1 aliphatic rings. The van der Waals surface area contributed by atoms with Gasteiger partial charge in [-0.3, -0.25) is 4.79 Å². The van der Waals surface area contributed by atoms with Crippen molar-refractivity contribution in [2.45, 2.75) is 58.1 Å². The topological polar surface area (TPSA) is 49.3 Å². The molecule has 3 heteroatoms. The molecule has 1 saturated carbocycles. The van der Waals surface area contributed by atoms with Gasteiger partial charge in [-0.15, -0.1) is 0 Å². The van der Waals surface area contributed by atoms with Crippen molar-refractivity contribution in [2.24, 2.45) is 5.41 Å². The molecule has 0 bridgehead atoms. The van der Waals surface area contributed by atoms with Gasteiger partial charge < -0.3 is 10.4 Å². The van der Waals surface area contributed by atoms with Gasteiger partial charge in [-0.1, -0.05) is 49.6 Å². The predicted molar refractivity (Wildman–Crippen MR) is 80.2 cm³/mol. The van der Waals surface area contributed by atoms with Gasteiger partial charge in [0.15, 0.2) is 0 Å². The van der Waals surface area contributed by atoms with Gasteiger partial charge in [0.1, 0.15) is 0 Å². The van der Waals surface area contributed by atoms with Gasteiger partial charge in [-0.25, -0.2) is 0 Å². The molecule has 0 aliphatic heterocycles. The Morgan fingerprint density at radius 3 is 2.40 bits per heavy atom. The SMILES string of the molecule is CC(C)(C(=O)NC1CCCCC1)C(O)c1ccccc1. The van der Waals surface area contributed by atoms with Crippen LogP contribution in [0.15, 0.2) is 30.3 Å². The van der Waals surface area contributed by atoms with Gasteiger partial charge >= 0.3 is 0 Å². The zero-order chi connectivity index (χ0) is 14.6. The van der Waals surface area contributed by atoms with E-state index in [9.17, 15) is 9.90 Å². The van der Waals surface area contributed by atoms with E-state index in [1.54, 1.807) is 0 Å². The summed E-state index contributed by atoms with van der Waals surface area (Å²) < 4.78 is 0. The number of carbonyl (C=O) groups excluding carboxylic acids is 1. The molecule has 0 spiro atoms. The van der Waals surface area contributed by atoms with Crippen molar-refractivity contribution < 1.29 is 9.90 Å². The normalized spacial score (nSPS) is 18.6. The standard InChI is InChI=1S/C17H25NO2/c1-17(2,15(19)13-9-5-3-6-10-13)16(20)18-14-11-7-4-8-12-14/h3,5-6,9-10,14-15,19H,4,7-8,11-12H2,1-2H3,(H,18,20). The molecule has 2 N–H and O–H groups in total. The number of aliphatic hydroxyl groups excluding tert-OH is 1. The largest absolute Gasteiger partial charge is 0.387 e. The minimum atomic E-state index is -0.821. The summed E-state index contributed by atoms with van der Waals surface area (Å²) in [6, 6.07) is 9.67. The predicted octanol–water partition coefficient (Wildman–Crippen LogP) is 3.20. The van der Waals surface area contributed by atoms with E-state index >= 15 is 0 Å². The zero-order valence-electron chi connectivity index (χ0n) is 12.4. The minimum absolute atomic E-state index is 0.0549. The van der Waals surface area contributed by atoms with Gasteiger partial charge in [0.25, 0.3) is 0 Å². The van der Waals surface area contributed by atoms with Crippen LogP contribution in [0.1, 0.15) is 57.6 Å². The number of aliphatic hydroxyl groups is 1. The van der Waals surface area contributed by atoms with Crippen molar-refractivity contribution in [3.8, 4) is 0 Å². The van der Waals surface area contributed by atoms with Crippen LogP contribution in [-0.2, 0) is 4.79 Å². The number of nitrogens with one attached hydrogen (secondary N) is 1. The molecule has 1 aliphatic carbocycles. The van der Waals surface area contributed by atoms with Crippen LogP contribution >= 0.6 is 0 Å². The van der Waals surface area contributed by atoms with E-state index < -0.39 is 11.5 Å². The molecule has 0 aromatic heterocycles. The van der Waals surface area contributed by atoms with Gasteiger partial charge in [-0.2, -0.15) is 0 Å². The Hall–Kier alpha value is -1.35. The van der Waals surface area contributed by atoms with Crippen molar-refractivity contribution in [3.63, 3.8) is 0 Å². The van der Waals surface area contributed by atoms with Crippen LogP contribution in [0.3, 0.4) is 0 Å². The van der Waals surface area contributed by atoms with E-state index in [0.29, 0.717) is 0 Å². The Balaban J connectivity index is 2.02. The Morgan fingerprint density at radius 1 is 1.20 bits per heavy atom. The molecule has 2 rings (SSSR count). The Labute approximate surface area is 121 Å². The van der Waals surface area contributed by atoms with E-state index in [4.69, 9.17) is 0 Å². The van der Waals surface area contributed by atoms with Crippen molar-refractivity contribution >= 4 is 5.91 Å². The number of benzene rings is 1. The lowest BCUT2D eigenvalue weighted by atomic mass is 9.81. The minimum Gasteiger partial charge on any atom is -0.387 e. The second-order valence-corrected chi connectivity index (χ2v) is 6.34. The third-order valence-electron chi connectivity index (χ3n) is 4.32. The lowest BCUT2D eigenvalue weighted by molar-refractivity contribution is -0.136. The molecule has 1 unspecified atom stereocenters. The second-order valence-electron chi connectivity index (χ2n) is 6.34. The number of hydrogen-bond donors (Lipinski definition) is 2. The molecule has 0 saturated heterocycles. The molecular weight excluding hydrogens is 250 g/mol. The maximum Gasteiger partial charge on any atom is 0.228 e. The Morgan fingerprint density at radius 2 is 1.80 bits per heavy atom. The molecule has 1 aromatic carbocycles.